The molecule has 3 nitrogen and oxygen atoms in total. The Labute approximate surface area is 115 Å². The zero-order chi connectivity index (χ0) is 13.2. The Bertz CT molecular complexity index is 548. The van der Waals surface area contributed by atoms with Crippen LogP contribution in [0.1, 0.15) is 34.5 Å². The summed E-state index contributed by atoms with van der Waals surface area (Å²) in [6.07, 6.45) is 2.48. The molecule has 0 bridgehead atoms. The number of hydrogen-bond donors (Lipinski definition) is 1. The fourth-order valence-corrected chi connectivity index (χ4v) is 2.92. The quantitative estimate of drug-likeness (QED) is 0.912. The highest BCUT2D eigenvalue weighted by Gasteiger charge is 2.32. The summed E-state index contributed by atoms with van der Waals surface area (Å²) < 4.78 is 13.0. The van der Waals surface area contributed by atoms with Crippen molar-refractivity contribution in [3.63, 3.8) is 0 Å². The summed E-state index contributed by atoms with van der Waals surface area (Å²) in [4.78, 5) is 0. The normalized spacial score (nSPS) is 16.5. The van der Waals surface area contributed by atoms with Gasteiger partial charge in [0.25, 0.3) is 0 Å². The lowest BCUT2D eigenvalue weighted by Crippen LogP contribution is -2.22. The van der Waals surface area contributed by atoms with Crippen molar-refractivity contribution in [1.29, 1.82) is 0 Å². The maximum Gasteiger partial charge on any atom is 0.131 e. The molecule has 0 amide bonds. The van der Waals surface area contributed by atoms with E-state index in [1.165, 1.54) is 25.0 Å². The molecular formula is C14H16FN3S. The number of nitrogens with zero attached hydrogens (tertiary/aromatic N) is 2. The van der Waals surface area contributed by atoms with Gasteiger partial charge in [-0.1, -0.05) is 12.1 Å². The molecule has 19 heavy (non-hydrogen) atoms. The average Bonchev–Trinajstić information content (AvgIpc) is 3.15. The van der Waals surface area contributed by atoms with Gasteiger partial charge in [0.1, 0.15) is 15.8 Å². The third-order valence-corrected chi connectivity index (χ3v) is 4.20. The second-order valence-corrected chi connectivity index (χ2v) is 6.23. The van der Waals surface area contributed by atoms with E-state index in [9.17, 15) is 4.39 Å². The van der Waals surface area contributed by atoms with Crippen LogP contribution in [0.4, 0.5) is 4.39 Å². The monoisotopic (exact) mass is 277 g/mol. The molecule has 1 heterocycles. The predicted octanol–water partition coefficient (Wildman–Crippen LogP) is 3.23. The van der Waals surface area contributed by atoms with Crippen LogP contribution in [0.2, 0.25) is 0 Å². The van der Waals surface area contributed by atoms with E-state index in [-0.39, 0.29) is 5.82 Å². The summed E-state index contributed by atoms with van der Waals surface area (Å²) in [5.74, 6) is 0.484. The van der Waals surface area contributed by atoms with Crippen molar-refractivity contribution in [1.82, 2.24) is 15.5 Å². The van der Waals surface area contributed by atoms with Gasteiger partial charge in [-0.2, -0.15) is 0 Å². The van der Waals surface area contributed by atoms with Crippen LogP contribution in [-0.4, -0.2) is 10.2 Å². The molecule has 2 aromatic rings. The molecule has 1 atom stereocenters. The van der Waals surface area contributed by atoms with Gasteiger partial charge in [-0.25, -0.2) is 4.39 Å². The fourth-order valence-electron chi connectivity index (χ4n) is 2.26. The van der Waals surface area contributed by atoms with Gasteiger partial charge < -0.3 is 5.32 Å². The maximum absolute atomic E-state index is 13.0. The van der Waals surface area contributed by atoms with Crippen molar-refractivity contribution in [2.75, 3.05) is 0 Å². The topological polar surface area (TPSA) is 37.8 Å². The first-order chi connectivity index (χ1) is 9.22. The molecule has 0 aliphatic heterocycles. The Hall–Kier alpha value is -1.33. The number of aromatic nitrogens is 2. The van der Waals surface area contributed by atoms with Crippen LogP contribution in [0.25, 0.3) is 0 Å². The molecule has 0 spiro atoms. The Morgan fingerprint density at radius 3 is 2.63 bits per heavy atom. The predicted molar refractivity (Wildman–Crippen MR) is 73.4 cm³/mol. The van der Waals surface area contributed by atoms with Crippen molar-refractivity contribution in [2.24, 2.45) is 5.92 Å². The lowest BCUT2D eigenvalue weighted by atomic mass is 10.0. The summed E-state index contributed by atoms with van der Waals surface area (Å²) in [5, 5.41) is 13.7. The first-order valence-corrected chi connectivity index (χ1v) is 7.32. The van der Waals surface area contributed by atoms with E-state index in [0.29, 0.717) is 12.0 Å². The molecule has 1 aromatic carbocycles. The molecule has 100 valence electrons. The molecule has 3 rings (SSSR count). The number of hydrogen-bond acceptors (Lipinski definition) is 4. The van der Waals surface area contributed by atoms with Gasteiger partial charge in [0.2, 0.25) is 0 Å². The van der Waals surface area contributed by atoms with E-state index in [4.69, 9.17) is 0 Å². The van der Waals surface area contributed by atoms with E-state index in [0.717, 1.165) is 22.1 Å². The van der Waals surface area contributed by atoms with Crippen LogP contribution < -0.4 is 5.32 Å². The molecule has 5 heteroatoms. The van der Waals surface area contributed by atoms with Gasteiger partial charge >= 0.3 is 0 Å². The molecule has 0 saturated heterocycles. The number of nitrogens with one attached hydrogen (secondary N) is 1. The summed E-state index contributed by atoms with van der Waals surface area (Å²) in [7, 11) is 0. The maximum atomic E-state index is 13.0. The smallest absolute Gasteiger partial charge is 0.131 e. The third kappa shape index (κ3) is 3.16. The van der Waals surface area contributed by atoms with Crippen molar-refractivity contribution >= 4 is 11.3 Å². The molecule has 0 radical (unpaired) electrons. The van der Waals surface area contributed by atoms with Crippen molar-refractivity contribution in [3.8, 4) is 0 Å². The third-order valence-electron chi connectivity index (χ3n) is 3.36. The highest BCUT2D eigenvalue weighted by Crippen LogP contribution is 2.41. The summed E-state index contributed by atoms with van der Waals surface area (Å²) in [6, 6.07) is 7.10. The Morgan fingerprint density at radius 2 is 2.05 bits per heavy atom. The van der Waals surface area contributed by atoms with Gasteiger partial charge in [-0.05, 0) is 43.4 Å². The highest BCUT2D eigenvalue weighted by molar-refractivity contribution is 7.11. The minimum absolute atomic E-state index is 0.182. The number of rotatable bonds is 5. The molecule has 0 unspecified atom stereocenters. The van der Waals surface area contributed by atoms with E-state index < -0.39 is 0 Å². The first-order valence-electron chi connectivity index (χ1n) is 6.50. The Balaban J connectivity index is 1.69. The molecule has 1 fully saturated rings. The van der Waals surface area contributed by atoms with Crippen LogP contribution in [0.15, 0.2) is 24.3 Å². The van der Waals surface area contributed by atoms with Crippen molar-refractivity contribution in [2.45, 2.75) is 32.4 Å². The largest absolute Gasteiger partial charge is 0.303 e. The molecular weight excluding hydrogens is 261 g/mol. The number of benzene rings is 1. The van der Waals surface area contributed by atoms with E-state index in [1.54, 1.807) is 11.3 Å². The lowest BCUT2D eigenvalue weighted by Gasteiger charge is -2.18. The summed E-state index contributed by atoms with van der Waals surface area (Å²) in [5.41, 5.74) is 1.16. The SMILES string of the molecule is Cc1nnc(CN[C@H](c2ccc(F)cc2)C2CC2)s1. The van der Waals surface area contributed by atoms with Crippen LogP contribution >= 0.6 is 11.3 Å². The van der Waals surface area contributed by atoms with E-state index >= 15 is 0 Å². The van der Waals surface area contributed by atoms with E-state index in [1.807, 2.05) is 19.1 Å². The van der Waals surface area contributed by atoms with Gasteiger partial charge in [-0.3, -0.25) is 0 Å². The first kappa shape index (κ1) is 12.7. The summed E-state index contributed by atoms with van der Waals surface area (Å²) in [6.45, 7) is 2.68. The fraction of sp³-hybridized carbons (Fsp3) is 0.429. The van der Waals surface area contributed by atoms with Crippen molar-refractivity contribution in [3.05, 3.63) is 45.7 Å². The van der Waals surface area contributed by atoms with Gasteiger partial charge in [0.15, 0.2) is 0 Å². The second kappa shape index (κ2) is 5.35. The highest BCUT2D eigenvalue weighted by atomic mass is 32.1. The minimum atomic E-state index is -0.182. The van der Waals surface area contributed by atoms with Gasteiger partial charge in [-0.15, -0.1) is 21.5 Å². The average molecular weight is 277 g/mol. The van der Waals surface area contributed by atoms with Gasteiger partial charge in [0.05, 0.1) is 6.54 Å². The van der Waals surface area contributed by atoms with E-state index in [2.05, 4.69) is 15.5 Å². The second-order valence-electron chi connectivity index (χ2n) is 4.96. The lowest BCUT2D eigenvalue weighted by molar-refractivity contribution is 0.477. The van der Waals surface area contributed by atoms with Gasteiger partial charge in [0, 0.05) is 6.04 Å². The Kier molecular flexibility index (Phi) is 3.57. The minimum Gasteiger partial charge on any atom is -0.303 e. The molecule has 1 aliphatic rings. The molecule has 1 aliphatic carbocycles. The zero-order valence-corrected chi connectivity index (χ0v) is 11.6. The van der Waals surface area contributed by atoms with Crippen LogP contribution in [-0.2, 0) is 6.54 Å². The Morgan fingerprint density at radius 1 is 1.32 bits per heavy atom. The van der Waals surface area contributed by atoms with Crippen LogP contribution in [0.3, 0.4) is 0 Å². The number of aryl methyl sites for hydroxylation is 1. The zero-order valence-electron chi connectivity index (χ0n) is 10.8. The van der Waals surface area contributed by atoms with Crippen LogP contribution in [0, 0.1) is 18.7 Å². The van der Waals surface area contributed by atoms with Crippen LogP contribution in [0.5, 0.6) is 0 Å². The standard InChI is InChI=1S/C14H16FN3S/c1-9-17-18-13(19-9)8-16-14(10-2-3-10)11-4-6-12(15)7-5-11/h4-7,10,14,16H,2-3,8H2,1H3/t14-/m0/s1. The molecule has 1 saturated carbocycles. The molecule has 1 aromatic heterocycles. The van der Waals surface area contributed by atoms with Crippen molar-refractivity contribution < 1.29 is 4.39 Å². The summed E-state index contributed by atoms with van der Waals surface area (Å²) >= 11 is 1.61. The molecule has 1 N–H and O–H groups in total. The number of halogens is 1.